The van der Waals surface area contributed by atoms with Gasteiger partial charge in [0.05, 0.1) is 5.60 Å². The molecule has 0 amide bonds. The summed E-state index contributed by atoms with van der Waals surface area (Å²) in [6.07, 6.45) is 9.57. The molecule has 0 bridgehead atoms. The fraction of sp³-hybridized carbons (Fsp3) is 0.920. The molecule has 4 fully saturated rings. The molecule has 9 heteroatoms. The van der Waals surface area contributed by atoms with Gasteiger partial charge in [-0.25, -0.2) is 4.68 Å². The van der Waals surface area contributed by atoms with Crippen LogP contribution in [0.25, 0.3) is 0 Å². The number of tetrazole rings is 1. The number of methoxy groups -OCH3 is 1. The van der Waals surface area contributed by atoms with E-state index in [0.29, 0.717) is 35.3 Å². The molecule has 1 aromatic heterocycles. The lowest BCUT2D eigenvalue weighted by Crippen LogP contribution is -2.67. The Kier molecular flexibility index (Phi) is 5.87. The Bertz CT molecular complexity index is 952. The lowest BCUT2D eigenvalue weighted by atomic mass is 9.33. The molecular formula is C25H42B2N4O3. The third-order valence-corrected chi connectivity index (χ3v) is 11.5. The Morgan fingerprint density at radius 1 is 1.15 bits per heavy atom. The molecule has 34 heavy (non-hydrogen) atoms. The number of aryl methyl sites for hydroxylation is 1. The summed E-state index contributed by atoms with van der Waals surface area (Å²) in [5.41, 5.74) is -0.404. The molecule has 0 spiro atoms. The van der Waals surface area contributed by atoms with Crippen LogP contribution in [0.4, 0.5) is 0 Å². The number of fused-ring (bicyclic) bond motifs is 5. The van der Waals surface area contributed by atoms with Gasteiger partial charge in [-0.15, -0.1) is 5.10 Å². The molecule has 5 rings (SSSR count). The Labute approximate surface area is 206 Å². The highest BCUT2D eigenvalue weighted by atomic mass is 16.5. The largest absolute Gasteiger partial charge is 0.395 e. The second-order valence-corrected chi connectivity index (χ2v) is 13.1. The molecule has 8 atom stereocenters. The lowest BCUT2D eigenvalue weighted by Gasteiger charge is -2.67. The molecule has 4 aliphatic rings. The van der Waals surface area contributed by atoms with E-state index < -0.39 is 5.60 Å². The molecule has 0 aromatic carbocycles. The predicted molar refractivity (Wildman–Crippen MR) is 135 cm³/mol. The molecule has 1 aromatic rings. The summed E-state index contributed by atoms with van der Waals surface area (Å²) < 4.78 is 7.92. The van der Waals surface area contributed by atoms with Crippen LogP contribution in [0.2, 0.25) is 0 Å². The first-order valence-electron chi connectivity index (χ1n) is 13.5. The number of nitrogens with zero attached hydrogens (tertiary/aromatic N) is 4. The topological polar surface area (TPSA) is 90.1 Å². The third-order valence-electron chi connectivity index (χ3n) is 11.5. The van der Waals surface area contributed by atoms with Crippen molar-refractivity contribution < 1.29 is 14.6 Å². The van der Waals surface area contributed by atoms with Gasteiger partial charge in [0.1, 0.15) is 28.1 Å². The van der Waals surface area contributed by atoms with Crippen molar-refractivity contribution in [3.05, 3.63) is 5.82 Å². The van der Waals surface area contributed by atoms with Gasteiger partial charge in [0.15, 0.2) is 5.78 Å². The minimum Gasteiger partial charge on any atom is -0.395 e. The summed E-state index contributed by atoms with van der Waals surface area (Å²) in [6, 6.07) is 0. The molecule has 4 aliphatic carbocycles. The van der Waals surface area contributed by atoms with Crippen molar-refractivity contribution in [2.75, 3.05) is 7.11 Å². The standard InChI is InChI=1S/C25H42B2N4O3/c1-15-28-29-30-31(15)14-21(32)20-8-7-18-17-6-5-16-13-22(2,33)11-12-24(16,25(26,27)34-4)19(17)9-10-23(18,20)3/h16-20,33H,5-14,26-27H2,1-4H3/t16-,17+,18+,19+,20-,22-,23+,24?/m1/s1. The fourth-order valence-electron chi connectivity index (χ4n) is 9.68. The molecule has 1 N–H and O–H groups in total. The van der Waals surface area contributed by atoms with Crippen molar-refractivity contribution >= 4 is 21.5 Å². The predicted octanol–water partition coefficient (Wildman–Crippen LogP) is 1.51. The minimum absolute atomic E-state index is 0.0611. The highest BCUT2D eigenvalue weighted by molar-refractivity contribution is 6.39. The number of Topliss-reactive ketones (excluding diaryl/α,β-unsaturated/α-hetero) is 1. The summed E-state index contributed by atoms with van der Waals surface area (Å²) in [7, 11) is 6.47. The van der Waals surface area contributed by atoms with E-state index in [-0.39, 0.29) is 28.7 Å². The van der Waals surface area contributed by atoms with Crippen LogP contribution < -0.4 is 0 Å². The number of rotatable bonds is 5. The first-order chi connectivity index (χ1) is 16.0. The molecule has 186 valence electrons. The monoisotopic (exact) mass is 468 g/mol. The van der Waals surface area contributed by atoms with Gasteiger partial charge in [0.2, 0.25) is 0 Å². The van der Waals surface area contributed by atoms with Gasteiger partial charge in [-0.1, -0.05) is 6.92 Å². The second-order valence-electron chi connectivity index (χ2n) is 13.1. The van der Waals surface area contributed by atoms with Gasteiger partial charge < -0.3 is 9.84 Å². The molecule has 0 saturated heterocycles. The maximum atomic E-state index is 13.5. The van der Waals surface area contributed by atoms with Gasteiger partial charge in [-0.3, -0.25) is 4.79 Å². The highest BCUT2D eigenvalue weighted by Crippen LogP contribution is 2.70. The highest BCUT2D eigenvalue weighted by Gasteiger charge is 2.66. The van der Waals surface area contributed by atoms with Crippen molar-refractivity contribution in [1.82, 2.24) is 20.2 Å². The van der Waals surface area contributed by atoms with Crippen molar-refractivity contribution in [3.63, 3.8) is 0 Å². The summed E-state index contributed by atoms with van der Waals surface area (Å²) in [5.74, 6) is 3.42. The van der Waals surface area contributed by atoms with Gasteiger partial charge in [0, 0.05) is 18.4 Å². The zero-order valence-corrected chi connectivity index (χ0v) is 22.0. The lowest BCUT2D eigenvalue weighted by molar-refractivity contribution is -0.196. The number of hydrogen-bond acceptors (Lipinski definition) is 6. The van der Waals surface area contributed by atoms with Crippen LogP contribution in [0.5, 0.6) is 0 Å². The number of aliphatic hydroxyl groups is 1. The first-order valence-corrected chi connectivity index (χ1v) is 13.5. The Hall–Kier alpha value is -1.21. The van der Waals surface area contributed by atoms with Crippen LogP contribution >= 0.6 is 0 Å². The number of carbonyl (C=O) groups is 1. The maximum absolute atomic E-state index is 13.5. The van der Waals surface area contributed by atoms with Gasteiger partial charge >= 0.3 is 0 Å². The van der Waals surface area contributed by atoms with E-state index in [1.807, 2.05) is 21.0 Å². The molecular weight excluding hydrogens is 426 g/mol. The SMILES string of the molecule is BC(B)(OC)C12CC[C@@](C)(O)C[C@H]1CC[C@@H]1[C@@H]2CC[C@]2(C)[C@@H](C(=O)Cn3nnnc3C)CC[C@@H]12. The van der Waals surface area contributed by atoms with Crippen molar-refractivity contribution in [3.8, 4) is 0 Å². The van der Waals surface area contributed by atoms with Crippen molar-refractivity contribution in [2.24, 2.45) is 40.4 Å². The molecule has 1 heterocycles. The first kappa shape index (κ1) is 24.5. The molecule has 7 nitrogen and oxygen atoms in total. The molecule has 4 saturated carbocycles. The zero-order chi connectivity index (χ0) is 24.5. The van der Waals surface area contributed by atoms with Crippen LogP contribution in [0.3, 0.4) is 0 Å². The van der Waals surface area contributed by atoms with Crippen LogP contribution in [0.1, 0.15) is 77.5 Å². The number of ketones is 1. The number of ether oxygens (including phenoxy) is 1. The second kappa shape index (κ2) is 8.16. The van der Waals surface area contributed by atoms with E-state index in [1.165, 1.54) is 12.8 Å². The van der Waals surface area contributed by atoms with E-state index in [9.17, 15) is 9.90 Å². The third kappa shape index (κ3) is 3.47. The number of aromatic nitrogens is 4. The molecule has 0 aliphatic heterocycles. The van der Waals surface area contributed by atoms with Crippen molar-refractivity contribution in [2.45, 2.75) is 96.1 Å². The molecule has 0 radical (unpaired) electrons. The summed E-state index contributed by atoms with van der Waals surface area (Å²) >= 11 is 0. The minimum atomic E-state index is -0.562. The van der Waals surface area contributed by atoms with Gasteiger partial charge in [-0.2, -0.15) is 0 Å². The van der Waals surface area contributed by atoms with Crippen LogP contribution in [-0.4, -0.2) is 64.9 Å². The smallest absolute Gasteiger partial charge is 0.158 e. The fourth-order valence-corrected chi connectivity index (χ4v) is 9.68. The summed E-state index contributed by atoms with van der Waals surface area (Å²) in [6.45, 7) is 6.58. The summed E-state index contributed by atoms with van der Waals surface area (Å²) in [4.78, 5) is 13.5. The number of carbonyl (C=O) groups excluding carboxylic acids is 1. The van der Waals surface area contributed by atoms with E-state index in [1.54, 1.807) is 4.68 Å². The Balaban J connectivity index is 1.43. The normalized spacial score (nSPS) is 44.2. The van der Waals surface area contributed by atoms with Crippen LogP contribution in [-0.2, 0) is 16.1 Å². The van der Waals surface area contributed by atoms with Gasteiger partial charge in [-0.05, 0) is 117 Å². The van der Waals surface area contributed by atoms with E-state index in [4.69, 9.17) is 4.74 Å². The Morgan fingerprint density at radius 2 is 1.91 bits per heavy atom. The van der Waals surface area contributed by atoms with E-state index in [2.05, 4.69) is 38.1 Å². The average Bonchev–Trinajstić information content (AvgIpc) is 3.34. The van der Waals surface area contributed by atoms with Crippen LogP contribution in [0, 0.1) is 47.3 Å². The van der Waals surface area contributed by atoms with Gasteiger partial charge in [0.25, 0.3) is 0 Å². The number of hydrogen-bond donors (Lipinski definition) is 1. The van der Waals surface area contributed by atoms with E-state index in [0.717, 1.165) is 44.9 Å². The molecule has 1 unspecified atom stereocenters. The quantitative estimate of drug-likeness (QED) is 0.660. The van der Waals surface area contributed by atoms with Crippen LogP contribution in [0.15, 0.2) is 0 Å². The maximum Gasteiger partial charge on any atom is 0.158 e. The summed E-state index contributed by atoms with van der Waals surface area (Å²) in [5, 5.41) is 22.5. The average molecular weight is 468 g/mol. The van der Waals surface area contributed by atoms with E-state index >= 15 is 0 Å². The van der Waals surface area contributed by atoms with Crippen molar-refractivity contribution in [1.29, 1.82) is 0 Å². The Morgan fingerprint density at radius 3 is 2.59 bits per heavy atom. The zero-order valence-electron chi connectivity index (χ0n) is 22.0.